The molecule has 1 aliphatic rings. The van der Waals surface area contributed by atoms with Crippen molar-refractivity contribution < 1.29 is 4.79 Å². The molecule has 0 spiro atoms. The van der Waals surface area contributed by atoms with Crippen molar-refractivity contribution in [2.75, 3.05) is 0 Å². The number of Topliss-reactive ketones (excluding diaryl/α,β-unsaturated/α-hetero) is 1. The molecule has 0 amide bonds. The summed E-state index contributed by atoms with van der Waals surface area (Å²) in [5.41, 5.74) is 20.4. The first-order valence-corrected chi connectivity index (χ1v) is 21.0. The number of benzene rings is 7. The number of hydrogen-bond donors (Lipinski definition) is 0. The molecule has 7 aromatic carbocycles. The van der Waals surface area contributed by atoms with Gasteiger partial charge in [0.05, 0.1) is 0 Å². The summed E-state index contributed by atoms with van der Waals surface area (Å²) in [6.45, 7) is 13.5. The van der Waals surface area contributed by atoms with Crippen molar-refractivity contribution in [1.29, 1.82) is 0 Å². The molecule has 1 heterocycles. The molecule has 0 saturated carbocycles. The van der Waals surface area contributed by atoms with Gasteiger partial charge in [-0.3, -0.25) is 4.79 Å². The van der Waals surface area contributed by atoms with Gasteiger partial charge in [-0.25, -0.2) is 0 Å². The molecule has 1 aliphatic heterocycles. The van der Waals surface area contributed by atoms with Gasteiger partial charge >= 0.3 is 0 Å². The molecule has 1 nitrogen and oxygen atoms in total. The van der Waals surface area contributed by atoms with Crippen LogP contribution in [0.2, 0.25) is 0 Å². The van der Waals surface area contributed by atoms with Crippen molar-refractivity contribution in [2.45, 2.75) is 65.7 Å². The van der Waals surface area contributed by atoms with Crippen LogP contribution in [0.4, 0.5) is 0 Å². The lowest BCUT2D eigenvalue weighted by Crippen LogP contribution is -2.26. The number of hydrogen-bond acceptors (Lipinski definition) is 1. The minimum Gasteiger partial charge on any atom is -0.300 e. The number of rotatable bonds is 7. The molecule has 1 saturated heterocycles. The maximum Gasteiger partial charge on any atom is 0.134 e. The summed E-state index contributed by atoms with van der Waals surface area (Å²) in [7, 11) is -0.975. The highest BCUT2D eigenvalue weighted by molar-refractivity contribution is 7.67. The van der Waals surface area contributed by atoms with E-state index in [4.69, 9.17) is 0 Å². The molecular formula is C53H49OP. The Balaban J connectivity index is 1.40. The van der Waals surface area contributed by atoms with Gasteiger partial charge in [-0.15, -0.1) is 0 Å². The van der Waals surface area contributed by atoms with E-state index < -0.39 is 7.92 Å². The normalized spacial score (nSPS) is 17.0. The predicted octanol–water partition coefficient (Wildman–Crippen LogP) is 14.2. The van der Waals surface area contributed by atoms with Gasteiger partial charge in [0, 0.05) is 24.2 Å². The molecule has 0 bridgehead atoms. The van der Waals surface area contributed by atoms with Crippen LogP contribution in [0.3, 0.4) is 0 Å². The Morgan fingerprint density at radius 3 is 1.13 bits per heavy atom. The van der Waals surface area contributed by atoms with E-state index >= 15 is 0 Å². The smallest absolute Gasteiger partial charge is 0.134 e. The highest BCUT2D eigenvalue weighted by atomic mass is 31.1. The SMILES string of the molecule is Cc1cc(C)c(-c2cccc(-c3c(C)cc(C)cc3C)c2P2C(c3ccc(-c4ccccc4)cc3)CC(=O)CC2c2ccc(-c3ccccc3)cc2)c(C)c1. The number of aryl methyl sites for hydroxylation is 6. The Hall–Kier alpha value is -5.36. The highest BCUT2D eigenvalue weighted by Gasteiger charge is 2.42. The third-order valence-electron chi connectivity index (χ3n) is 11.5. The zero-order chi connectivity index (χ0) is 38.2. The van der Waals surface area contributed by atoms with Gasteiger partial charge in [0.2, 0.25) is 0 Å². The summed E-state index contributed by atoms with van der Waals surface area (Å²) < 4.78 is 0. The molecule has 0 aromatic heterocycles. The first kappa shape index (κ1) is 36.6. The average molecular weight is 733 g/mol. The molecule has 2 unspecified atom stereocenters. The van der Waals surface area contributed by atoms with Crippen LogP contribution in [0, 0.1) is 41.5 Å². The topological polar surface area (TPSA) is 17.1 Å². The molecule has 0 radical (unpaired) electrons. The fourth-order valence-corrected chi connectivity index (χ4v) is 13.1. The second-order valence-corrected chi connectivity index (χ2v) is 18.1. The Labute approximate surface area is 328 Å². The molecule has 1 fully saturated rings. The summed E-state index contributed by atoms with van der Waals surface area (Å²) in [5, 5.41) is 1.42. The maximum absolute atomic E-state index is 14.2. The summed E-state index contributed by atoms with van der Waals surface area (Å²) in [6.07, 6.45) is 1.08. The van der Waals surface area contributed by atoms with Crippen LogP contribution in [0.1, 0.15) is 68.7 Å². The zero-order valence-electron chi connectivity index (χ0n) is 32.9. The van der Waals surface area contributed by atoms with Gasteiger partial charge in [0.25, 0.3) is 0 Å². The highest BCUT2D eigenvalue weighted by Crippen LogP contribution is 2.68. The van der Waals surface area contributed by atoms with Crippen molar-refractivity contribution >= 4 is 19.0 Å². The third-order valence-corrected chi connectivity index (χ3v) is 14.8. The lowest BCUT2D eigenvalue weighted by Gasteiger charge is -2.41. The van der Waals surface area contributed by atoms with Crippen LogP contribution in [0.25, 0.3) is 44.5 Å². The van der Waals surface area contributed by atoms with Crippen molar-refractivity contribution in [2.24, 2.45) is 0 Å². The van der Waals surface area contributed by atoms with Crippen molar-refractivity contribution in [1.82, 2.24) is 0 Å². The Morgan fingerprint density at radius 1 is 0.418 bits per heavy atom. The molecule has 7 aromatic rings. The fourth-order valence-electron chi connectivity index (χ4n) is 9.29. The predicted molar refractivity (Wildman–Crippen MR) is 236 cm³/mol. The van der Waals surface area contributed by atoms with Crippen molar-refractivity contribution in [3.8, 4) is 44.5 Å². The maximum atomic E-state index is 14.2. The minimum atomic E-state index is -0.975. The van der Waals surface area contributed by atoms with Gasteiger partial charge in [-0.1, -0.05) is 171 Å². The first-order chi connectivity index (χ1) is 26.7. The van der Waals surface area contributed by atoms with Crippen LogP contribution in [-0.2, 0) is 4.79 Å². The fraction of sp³-hybridized carbons (Fsp3) is 0.189. The Bertz CT molecular complexity index is 2280. The van der Waals surface area contributed by atoms with Crippen molar-refractivity contribution in [3.63, 3.8) is 0 Å². The van der Waals surface area contributed by atoms with Gasteiger partial charge in [-0.2, -0.15) is 0 Å². The Kier molecular flexibility index (Phi) is 10.3. The minimum absolute atomic E-state index is 0.0527. The quantitative estimate of drug-likeness (QED) is 0.149. The van der Waals surface area contributed by atoms with E-state index in [-0.39, 0.29) is 11.3 Å². The van der Waals surface area contributed by atoms with E-state index in [9.17, 15) is 4.79 Å². The summed E-state index contributed by atoms with van der Waals surface area (Å²) in [4.78, 5) is 14.2. The van der Waals surface area contributed by atoms with Crippen LogP contribution in [0.15, 0.2) is 152 Å². The summed E-state index contributed by atoms with van der Waals surface area (Å²) in [6, 6.07) is 55.8. The first-order valence-electron chi connectivity index (χ1n) is 19.6. The van der Waals surface area contributed by atoms with Gasteiger partial charge < -0.3 is 0 Å². The van der Waals surface area contributed by atoms with Crippen LogP contribution < -0.4 is 5.30 Å². The average Bonchev–Trinajstić information content (AvgIpc) is 3.18. The van der Waals surface area contributed by atoms with E-state index in [1.165, 1.54) is 94.3 Å². The largest absolute Gasteiger partial charge is 0.300 e. The van der Waals surface area contributed by atoms with E-state index in [0.717, 1.165) is 0 Å². The summed E-state index contributed by atoms with van der Waals surface area (Å²) in [5.74, 6) is 0.345. The van der Waals surface area contributed by atoms with Crippen LogP contribution in [-0.4, -0.2) is 5.78 Å². The number of ketones is 1. The lowest BCUT2D eigenvalue weighted by molar-refractivity contribution is -0.119. The lowest BCUT2D eigenvalue weighted by atomic mass is 9.89. The molecule has 2 atom stereocenters. The molecule has 8 rings (SSSR count). The molecule has 0 N–H and O–H groups in total. The van der Waals surface area contributed by atoms with Gasteiger partial charge in [0.1, 0.15) is 5.78 Å². The van der Waals surface area contributed by atoms with Gasteiger partial charge in [-0.05, 0) is 125 Å². The van der Waals surface area contributed by atoms with Crippen LogP contribution >= 0.6 is 7.92 Å². The molecule has 55 heavy (non-hydrogen) atoms. The Morgan fingerprint density at radius 2 is 0.764 bits per heavy atom. The molecular weight excluding hydrogens is 684 g/mol. The van der Waals surface area contributed by atoms with Crippen LogP contribution in [0.5, 0.6) is 0 Å². The molecule has 272 valence electrons. The standard InChI is InChI=1S/C53H49OP/c1-34-28-36(3)51(37(4)29-34)47-18-13-19-48(52-38(5)30-35(2)31-39(52)6)53(47)55-49(44-24-20-42(21-25-44)40-14-9-7-10-15-40)32-46(54)33-50(55)45-26-22-43(23-27-45)41-16-11-8-12-17-41/h7-31,49-50H,32-33H2,1-6H3. The summed E-state index contributed by atoms with van der Waals surface area (Å²) >= 11 is 0. The monoisotopic (exact) mass is 732 g/mol. The number of carbonyl (C=O) groups is 1. The van der Waals surface area contributed by atoms with E-state index in [2.05, 4.69) is 193 Å². The van der Waals surface area contributed by atoms with E-state index in [1.54, 1.807) is 0 Å². The zero-order valence-corrected chi connectivity index (χ0v) is 33.8. The molecule has 0 aliphatic carbocycles. The second kappa shape index (κ2) is 15.4. The second-order valence-electron chi connectivity index (χ2n) is 15.6. The van der Waals surface area contributed by atoms with E-state index in [1.807, 2.05) is 0 Å². The van der Waals surface area contributed by atoms with Gasteiger partial charge in [0.15, 0.2) is 0 Å². The van der Waals surface area contributed by atoms with Crippen molar-refractivity contribution in [3.05, 3.63) is 196 Å². The number of carbonyl (C=O) groups excluding carboxylic acids is 1. The van der Waals surface area contributed by atoms with E-state index in [0.29, 0.717) is 18.6 Å². The third kappa shape index (κ3) is 7.27. The molecule has 2 heteroatoms.